The summed E-state index contributed by atoms with van der Waals surface area (Å²) in [4.78, 5) is 2.45. The van der Waals surface area contributed by atoms with Crippen molar-refractivity contribution in [1.29, 1.82) is 0 Å². The maximum atomic E-state index is 6.89. The van der Waals surface area contributed by atoms with Gasteiger partial charge in [0.15, 0.2) is 0 Å². The van der Waals surface area contributed by atoms with Crippen molar-refractivity contribution in [2.24, 2.45) is 0 Å². The molecule has 2 nitrogen and oxygen atoms in total. The lowest BCUT2D eigenvalue weighted by Gasteiger charge is -2.17. The number of benzene rings is 3. The van der Waals surface area contributed by atoms with E-state index in [-0.39, 0.29) is 12.4 Å². The summed E-state index contributed by atoms with van der Waals surface area (Å²) in [5, 5.41) is 0.747. The monoisotopic (exact) mass is 469 g/mol. The highest BCUT2D eigenvalue weighted by molar-refractivity contribution is 6.53. The summed E-state index contributed by atoms with van der Waals surface area (Å²) in [6.07, 6.45) is 2.22. The van der Waals surface area contributed by atoms with Gasteiger partial charge in [0.1, 0.15) is 5.75 Å². The van der Waals surface area contributed by atoms with Crippen molar-refractivity contribution in [3.63, 3.8) is 0 Å². The number of hydrogen-bond donors (Lipinski definition) is 0. The molecule has 170 valence electrons. The van der Waals surface area contributed by atoms with E-state index in [0.717, 1.165) is 72.1 Å². The minimum Gasteiger partial charge on any atom is -0.494 e. The van der Waals surface area contributed by atoms with Crippen LogP contribution in [0.2, 0.25) is 0 Å². The van der Waals surface area contributed by atoms with Crippen LogP contribution in [0.4, 0.5) is 0 Å². The Bertz CT molecular complexity index is 936. The first-order chi connectivity index (χ1) is 15.2. The Morgan fingerprint density at radius 1 is 0.719 bits per heavy atom. The second kappa shape index (κ2) is 14.0. The van der Waals surface area contributed by atoms with Gasteiger partial charge in [-0.05, 0) is 61.3 Å². The lowest BCUT2D eigenvalue weighted by atomic mass is 9.95. The van der Waals surface area contributed by atoms with Crippen LogP contribution in [0.3, 0.4) is 0 Å². The van der Waals surface area contributed by atoms with Crippen molar-refractivity contribution in [3.8, 4) is 5.75 Å². The zero-order valence-corrected chi connectivity index (χ0v) is 20.5. The first kappa shape index (κ1) is 26.0. The van der Waals surface area contributed by atoms with Crippen molar-refractivity contribution >= 4 is 34.6 Å². The van der Waals surface area contributed by atoms with Crippen molar-refractivity contribution in [2.45, 2.75) is 26.7 Å². The van der Waals surface area contributed by atoms with Crippen LogP contribution in [0.15, 0.2) is 84.9 Å². The maximum Gasteiger partial charge on any atom is 0.119 e. The van der Waals surface area contributed by atoms with Gasteiger partial charge in [0.25, 0.3) is 0 Å². The number of hydrogen-bond acceptors (Lipinski definition) is 2. The van der Waals surface area contributed by atoms with Crippen molar-refractivity contribution in [3.05, 3.63) is 102 Å². The quantitative estimate of drug-likeness (QED) is 0.210. The summed E-state index contributed by atoms with van der Waals surface area (Å²) in [6, 6.07) is 28.7. The van der Waals surface area contributed by atoms with Crippen LogP contribution in [-0.4, -0.2) is 31.1 Å². The summed E-state index contributed by atoms with van der Waals surface area (Å²) in [7, 11) is 0. The lowest BCUT2D eigenvalue weighted by molar-refractivity contribution is 0.266. The molecular weight excluding hydrogens is 437 g/mol. The van der Waals surface area contributed by atoms with Gasteiger partial charge < -0.3 is 9.64 Å². The van der Waals surface area contributed by atoms with E-state index >= 15 is 0 Å². The molecule has 0 radical (unpaired) electrons. The van der Waals surface area contributed by atoms with E-state index in [1.807, 2.05) is 60.7 Å². The molecule has 0 spiro atoms. The summed E-state index contributed by atoms with van der Waals surface area (Å²) in [5.74, 6) is 0.898. The Labute approximate surface area is 204 Å². The van der Waals surface area contributed by atoms with E-state index in [4.69, 9.17) is 16.3 Å². The third kappa shape index (κ3) is 7.41. The second-order valence-electron chi connectivity index (χ2n) is 7.53. The lowest BCUT2D eigenvalue weighted by Crippen LogP contribution is -2.24. The zero-order chi connectivity index (χ0) is 21.9. The first-order valence-electron chi connectivity index (χ1n) is 11.2. The van der Waals surface area contributed by atoms with Crippen LogP contribution in [0, 0.1) is 0 Å². The molecule has 0 aliphatic heterocycles. The molecule has 0 aliphatic carbocycles. The molecule has 0 fully saturated rings. The van der Waals surface area contributed by atoms with Crippen LogP contribution >= 0.6 is 24.0 Å². The Morgan fingerprint density at radius 3 is 1.81 bits per heavy atom. The molecular formula is C28H33Cl2NO. The molecule has 0 bridgehead atoms. The SMILES string of the molecule is CCN(CC)CCCCOc1ccc(/C(=C(\Cl)c2ccccc2)c2ccccc2)cc1.Cl. The van der Waals surface area contributed by atoms with E-state index in [0.29, 0.717) is 0 Å². The molecule has 4 heteroatoms. The minimum atomic E-state index is 0. The first-order valence-corrected chi connectivity index (χ1v) is 11.6. The number of rotatable bonds is 11. The average molecular weight is 470 g/mol. The predicted molar refractivity (Wildman–Crippen MR) is 141 cm³/mol. The Kier molecular flexibility index (Phi) is 11.4. The number of unbranched alkanes of at least 4 members (excludes halogenated alkanes) is 1. The summed E-state index contributed by atoms with van der Waals surface area (Å²) in [5.41, 5.74) is 4.21. The largest absolute Gasteiger partial charge is 0.494 e. The Morgan fingerprint density at radius 2 is 1.25 bits per heavy atom. The van der Waals surface area contributed by atoms with Gasteiger partial charge in [-0.3, -0.25) is 0 Å². The Hall–Kier alpha value is -2.26. The topological polar surface area (TPSA) is 12.5 Å². The highest BCUT2D eigenvalue weighted by atomic mass is 35.5. The van der Waals surface area contributed by atoms with Crippen molar-refractivity contribution in [1.82, 2.24) is 4.90 Å². The zero-order valence-electron chi connectivity index (χ0n) is 19.0. The third-order valence-electron chi connectivity index (χ3n) is 5.48. The number of halogens is 2. The molecule has 0 aromatic heterocycles. The van der Waals surface area contributed by atoms with Crippen LogP contribution in [0.5, 0.6) is 5.75 Å². The standard InChI is InChI=1S/C28H32ClNO.ClH/c1-3-30(4-2)21-11-12-22-31-26-19-17-24(18-20-26)27(23-13-7-5-8-14-23)28(29)25-15-9-6-10-16-25;/h5-10,13-20H,3-4,11-12,21-22H2,1-2H3;1H/b28-27-;. The Balaban J connectivity index is 0.00000363. The van der Waals surface area contributed by atoms with Gasteiger partial charge >= 0.3 is 0 Å². The fourth-order valence-electron chi connectivity index (χ4n) is 3.64. The van der Waals surface area contributed by atoms with Crippen molar-refractivity contribution in [2.75, 3.05) is 26.2 Å². The van der Waals surface area contributed by atoms with Gasteiger partial charge in [-0.2, -0.15) is 0 Å². The van der Waals surface area contributed by atoms with E-state index in [2.05, 4.69) is 43.0 Å². The predicted octanol–water partition coefficient (Wildman–Crippen LogP) is 7.76. The van der Waals surface area contributed by atoms with E-state index < -0.39 is 0 Å². The molecule has 3 aromatic rings. The highest BCUT2D eigenvalue weighted by Crippen LogP contribution is 2.35. The van der Waals surface area contributed by atoms with Crippen LogP contribution in [-0.2, 0) is 0 Å². The van der Waals surface area contributed by atoms with E-state index in [1.165, 1.54) is 0 Å². The summed E-state index contributed by atoms with van der Waals surface area (Å²) in [6.45, 7) is 8.53. The van der Waals surface area contributed by atoms with Gasteiger partial charge in [-0.15, -0.1) is 12.4 Å². The molecule has 0 amide bonds. The van der Waals surface area contributed by atoms with Gasteiger partial charge in [0.2, 0.25) is 0 Å². The normalized spacial score (nSPS) is 11.6. The van der Waals surface area contributed by atoms with Crippen molar-refractivity contribution < 1.29 is 4.74 Å². The van der Waals surface area contributed by atoms with Gasteiger partial charge in [-0.1, -0.05) is 98.2 Å². The van der Waals surface area contributed by atoms with Crippen LogP contribution in [0.25, 0.3) is 10.6 Å². The molecule has 3 rings (SSSR count). The van der Waals surface area contributed by atoms with Gasteiger partial charge in [-0.25, -0.2) is 0 Å². The maximum absolute atomic E-state index is 6.89. The number of nitrogens with zero attached hydrogens (tertiary/aromatic N) is 1. The molecule has 0 atom stereocenters. The van der Waals surface area contributed by atoms with E-state index in [1.54, 1.807) is 0 Å². The molecule has 32 heavy (non-hydrogen) atoms. The van der Waals surface area contributed by atoms with Gasteiger partial charge in [0.05, 0.1) is 11.6 Å². The second-order valence-corrected chi connectivity index (χ2v) is 7.91. The summed E-state index contributed by atoms with van der Waals surface area (Å²) >= 11 is 6.89. The molecule has 0 N–H and O–H groups in total. The average Bonchev–Trinajstić information content (AvgIpc) is 2.83. The minimum absolute atomic E-state index is 0. The molecule has 0 saturated carbocycles. The molecule has 3 aromatic carbocycles. The van der Waals surface area contributed by atoms with Crippen LogP contribution < -0.4 is 4.74 Å². The molecule has 0 heterocycles. The molecule has 0 unspecified atom stereocenters. The molecule has 0 saturated heterocycles. The van der Waals surface area contributed by atoms with E-state index in [9.17, 15) is 0 Å². The van der Waals surface area contributed by atoms with Crippen LogP contribution in [0.1, 0.15) is 43.4 Å². The van der Waals surface area contributed by atoms with Gasteiger partial charge in [0, 0.05) is 5.57 Å². The third-order valence-corrected chi connectivity index (χ3v) is 5.89. The smallest absolute Gasteiger partial charge is 0.119 e. The molecule has 0 aliphatic rings. The fourth-order valence-corrected chi connectivity index (χ4v) is 3.98. The fraction of sp³-hybridized carbons (Fsp3) is 0.286. The highest BCUT2D eigenvalue weighted by Gasteiger charge is 2.12. The summed E-state index contributed by atoms with van der Waals surface area (Å²) < 4.78 is 5.97. The number of ether oxygens (including phenoxy) is 1.